The van der Waals surface area contributed by atoms with Crippen LogP contribution in [-0.4, -0.2) is 42.8 Å². The zero-order valence-corrected chi connectivity index (χ0v) is 17.6. The van der Waals surface area contributed by atoms with Crippen molar-refractivity contribution in [3.63, 3.8) is 0 Å². The number of ether oxygens (including phenoxy) is 1. The zero-order chi connectivity index (χ0) is 21.0. The maximum atomic E-state index is 12.3. The third kappa shape index (κ3) is 7.16. The summed E-state index contributed by atoms with van der Waals surface area (Å²) in [7, 11) is 1.86. The Hall–Kier alpha value is -2.92. The molecule has 0 saturated carbocycles. The lowest BCUT2D eigenvalue weighted by Gasteiger charge is -2.16. The third-order valence-electron chi connectivity index (χ3n) is 5.03. The molecule has 5 heteroatoms. The quantitative estimate of drug-likeness (QED) is 0.407. The standard InChI is InChI=1S/C25H30N2O3/c1-27(25(28)15-9-18-29-19-16-21-10-4-2-5-11-21)17-8-14-23-20-24(26-30-23)22-12-6-3-7-13-22/h2-7,10-13,20H,8-9,14-19H2,1H3. The molecule has 3 aromatic rings. The van der Waals surface area contributed by atoms with Gasteiger partial charge >= 0.3 is 0 Å². The zero-order valence-electron chi connectivity index (χ0n) is 17.6. The van der Waals surface area contributed by atoms with Crippen molar-refractivity contribution in [1.82, 2.24) is 10.1 Å². The van der Waals surface area contributed by atoms with Crippen LogP contribution in [0.4, 0.5) is 0 Å². The maximum absolute atomic E-state index is 12.3. The average Bonchev–Trinajstić information content (AvgIpc) is 3.26. The fraction of sp³-hybridized carbons (Fsp3) is 0.360. The lowest BCUT2D eigenvalue weighted by Crippen LogP contribution is -2.28. The van der Waals surface area contributed by atoms with Gasteiger partial charge in [0.1, 0.15) is 11.5 Å². The van der Waals surface area contributed by atoms with Crippen LogP contribution in [0.25, 0.3) is 11.3 Å². The van der Waals surface area contributed by atoms with Crippen LogP contribution in [0.15, 0.2) is 71.3 Å². The Bertz CT molecular complexity index is 878. The Morgan fingerprint density at radius 1 is 0.967 bits per heavy atom. The first kappa shape index (κ1) is 21.8. The summed E-state index contributed by atoms with van der Waals surface area (Å²) in [4.78, 5) is 14.1. The van der Waals surface area contributed by atoms with E-state index in [1.165, 1.54) is 5.56 Å². The first-order chi connectivity index (χ1) is 14.7. The molecule has 0 aliphatic heterocycles. The van der Waals surface area contributed by atoms with E-state index in [0.29, 0.717) is 26.2 Å². The van der Waals surface area contributed by atoms with Crippen molar-refractivity contribution in [2.24, 2.45) is 0 Å². The summed E-state index contributed by atoms with van der Waals surface area (Å²) in [6.45, 7) is 2.01. The molecule has 30 heavy (non-hydrogen) atoms. The maximum Gasteiger partial charge on any atom is 0.222 e. The SMILES string of the molecule is CN(CCCc1cc(-c2ccccc2)no1)C(=O)CCCOCCc1ccccc1. The van der Waals surface area contributed by atoms with Crippen molar-refractivity contribution in [3.05, 3.63) is 78.1 Å². The number of benzene rings is 2. The minimum Gasteiger partial charge on any atom is -0.381 e. The number of rotatable bonds is 12. The van der Waals surface area contributed by atoms with E-state index in [0.717, 1.165) is 42.7 Å². The predicted molar refractivity (Wildman–Crippen MR) is 118 cm³/mol. The van der Waals surface area contributed by atoms with Crippen LogP contribution in [0.3, 0.4) is 0 Å². The predicted octanol–water partition coefficient (Wildman–Crippen LogP) is 4.77. The molecular formula is C25H30N2O3. The van der Waals surface area contributed by atoms with Gasteiger partial charge in [-0.05, 0) is 24.8 Å². The summed E-state index contributed by atoms with van der Waals surface area (Å²) in [6.07, 6.45) is 3.78. The van der Waals surface area contributed by atoms with Crippen LogP contribution >= 0.6 is 0 Å². The Morgan fingerprint density at radius 2 is 1.70 bits per heavy atom. The molecule has 0 radical (unpaired) electrons. The molecule has 0 bridgehead atoms. The first-order valence-electron chi connectivity index (χ1n) is 10.6. The number of amides is 1. The topological polar surface area (TPSA) is 55.6 Å². The molecule has 1 heterocycles. The van der Waals surface area contributed by atoms with Crippen molar-refractivity contribution in [2.75, 3.05) is 26.8 Å². The number of carbonyl (C=O) groups excluding carboxylic acids is 1. The monoisotopic (exact) mass is 406 g/mol. The third-order valence-corrected chi connectivity index (χ3v) is 5.03. The summed E-state index contributed by atoms with van der Waals surface area (Å²) in [5.74, 6) is 1.01. The summed E-state index contributed by atoms with van der Waals surface area (Å²) in [5, 5.41) is 4.13. The molecule has 0 spiro atoms. The van der Waals surface area contributed by atoms with Gasteiger partial charge in [0.25, 0.3) is 0 Å². The highest BCUT2D eigenvalue weighted by Gasteiger charge is 2.10. The van der Waals surface area contributed by atoms with Gasteiger partial charge in [-0.3, -0.25) is 4.79 Å². The second kappa shape index (κ2) is 11.9. The van der Waals surface area contributed by atoms with E-state index >= 15 is 0 Å². The van der Waals surface area contributed by atoms with E-state index in [1.807, 2.05) is 61.6 Å². The molecule has 1 amide bonds. The van der Waals surface area contributed by atoms with Crippen LogP contribution in [0, 0.1) is 0 Å². The van der Waals surface area contributed by atoms with Gasteiger partial charge in [0.15, 0.2) is 0 Å². The van der Waals surface area contributed by atoms with Gasteiger partial charge in [0.05, 0.1) is 6.61 Å². The highest BCUT2D eigenvalue weighted by atomic mass is 16.5. The Balaban J connectivity index is 1.26. The summed E-state index contributed by atoms with van der Waals surface area (Å²) in [6, 6.07) is 22.2. The van der Waals surface area contributed by atoms with Crippen LogP contribution in [0.1, 0.15) is 30.6 Å². The Labute approximate surface area is 178 Å². The molecule has 0 aliphatic rings. The van der Waals surface area contributed by atoms with E-state index in [1.54, 1.807) is 4.90 Å². The van der Waals surface area contributed by atoms with E-state index in [2.05, 4.69) is 17.3 Å². The number of carbonyl (C=O) groups is 1. The second-order valence-electron chi connectivity index (χ2n) is 7.41. The minimum atomic E-state index is 0.157. The van der Waals surface area contributed by atoms with Crippen LogP contribution in [-0.2, 0) is 22.4 Å². The van der Waals surface area contributed by atoms with Crippen molar-refractivity contribution < 1.29 is 14.1 Å². The average molecular weight is 407 g/mol. The van der Waals surface area contributed by atoms with E-state index in [9.17, 15) is 4.79 Å². The van der Waals surface area contributed by atoms with Crippen molar-refractivity contribution in [1.29, 1.82) is 0 Å². The molecule has 158 valence electrons. The lowest BCUT2D eigenvalue weighted by molar-refractivity contribution is -0.130. The molecule has 0 atom stereocenters. The van der Waals surface area contributed by atoms with Gasteiger partial charge in [-0.1, -0.05) is 65.8 Å². The number of aryl methyl sites for hydroxylation is 1. The first-order valence-corrected chi connectivity index (χ1v) is 10.6. The van der Waals surface area contributed by atoms with Gasteiger partial charge in [0.2, 0.25) is 5.91 Å². The molecule has 5 nitrogen and oxygen atoms in total. The molecule has 1 aromatic heterocycles. The fourth-order valence-electron chi connectivity index (χ4n) is 3.24. The molecule has 0 aliphatic carbocycles. The number of hydrogen-bond donors (Lipinski definition) is 0. The largest absolute Gasteiger partial charge is 0.381 e. The van der Waals surface area contributed by atoms with E-state index in [4.69, 9.17) is 9.26 Å². The Morgan fingerprint density at radius 3 is 2.47 bits per heavy atom. The molecule has 0 saturated heterocycles. The van der Waals surface area contributed by atoms with Crippen molar-refractivity contribution in [3.8, 4) is 11.3 Å². The van der Waals surface area contributed by atoms with Crippen LogP contribution in [0.5, 0.6) is 0 Å². The molecule has 2 aromatic carbocycles. The number of hydrogen-bond acceptors (Lipinski definition) is 4. The highest BCUT2D eigenvalue weighted by Crippen LogP contribution is 2.19. The van der Waals surface area contributed by atoms with Crippen molar-refractivity contribution >= 4 is 5.91 Å². The van der Waals surface area contributed by atoms with Gasteiger partial charge < -0.3 is 14.2 Å². The van der Waals surface area contributed by atoms with Gasteiger partial charge in [-0.2, -0.15) is 0 Å². The minimum absolute atomic E-state index is 0.157. The molecular weight excluding hydrogens is 376 g/mol. The van der Waals surface area contributed by atoms with E-state index < -0.39 is 0 Å². The molecule has 0 unspecified atom stereocenters. The van der Waals surface area contributed by atoms with Gasteiger partial charge in [-0.25, -0.2) is 0 Å². The number of nitrogens with zero attached hydrogens (tertiary/aromatic N) is 2. The van der Waals surface area contributed by atoms with Crippen LogP contribution in [0.2, 0.25) is 0 Å². The summed E-state index contributed by atoms with van der Waals surface area (Å²) < 4.78 is 11.1. The van der Waals surface area contributed by atoms with Crippen LogP contribution < -0.4 is 0 Å². The second-order valence-corrected chi connectivity index (χ2v) is 7.41. The lowest BCUT2D eigenvalue weighted by atomic mass is 10.1. The van der Waals surface area contributed by atoms with Crippen molar-refractivity contribution in [2.45, 2.75) is 32.1 Å². The fourth-order valence-corrected chi connectivity index (χ4v) is 3.24. The molecule has 0 fully saturated rings. The summed E-state index contributed by atoms with van der Waals surface area (Å²) in [5.41, 5.74) is 3.17. The summed E-state index contributed by atoms with van der Waals surface area (Å²) >= 11 is 0. The highest BCUT2D eigenvalue weighted by molar-refractivity contribution is 5.75. The van der Waals surface area contributed by atoms with Gasteiger partial charge in [-0.15, -0.1) is 0 Å². The molecule has 3 rings (SSSR count). The van der Waals surface area contributed by atoms with Gasteiger partial charge in [0, 0.05) is 44.7 Å². The molecule has 0 N–H and O–H groups in total. The number of aromatic nitrogens is 1. The Kier molecular flexibility index (Phi) is 8.66. The smallest absolute Gasteiger partial charge is 0.222 e. The van der Waals surface area contributed by atoms with E-state index in [-0.39, 0.29) is 5.91 Å². The normalized spacial score (nSPS) is 10.8.